The van der Waals surface area contributed by atoms with Crippen molar-refractivity contribution in [2.24, 2.45) is 0 Å². The van der Waals surface area contributed by atoms with Crippen LogP contribution in [-0.2, 0) is 16.0 Å². The lowest BCUT2D eigenvalue weighted by Gasteiger charge is -2.10. The molecule has 2 aromatic heterocycles. The van der Waals surface area contributed by atoms with E-state index in [2.05, 4.69) is 32.4 Å². The molecule has 0 unspecified atom stereocenters. The highest BCUT2D eigenvalue weighted by Gasteiger charge is 2.02. The van der Waals surface area contributed by atoms with Gasteiger partial charge in [0.15, 0.2) is 0 Å². The number of fused-ring (bicyclic) bond motifs is 1. The Morgan fingerprint density at radius 3 is 2.67 bits per heavy atom. The van der Waals surface area contributed by atoms with E-state index in [0.717, 1.165) is 36.2 Å². The first-order chi connectivity index (χ1) is 13.3. The first kappa shape index (κ1) is 20.0. The van der Waals surface area contributed by atoms with E-state index in [1.54, 1.807) is 17.5 Å². The standard InChI is InChI=1S/C20H24ClN3O2S/c21-17-1-2-18-19(3-5-23-20(18)13-17)24-7-9-26-11-10-25-8-6-22-14-16-4-12-27-15-16/h1-5,12-13,15,22H,6-11,14H2,(H,23,24). The molecule has 0 atom stereocenters. The summed E-state index contributed by atoms with van der Waals surface area (Å²) in [6.45, 7) is 4.98. The molecular formula is C20H24ClN3O2S. The summed E-state index contributed by atoms with van der Waals surface area (Å²) < 4.78 is 11.2. The zero-order valence-electron chi connectivity index (χ0n) is 15.1. The molecule has 0 saturated heterocycles. The fourth-order valence-electron chi connectivity index (χ4n) is 2.63. The maximum atomic E-state index is 6.01. The third kappa shape index (κ3) is 6.75. The van der Waals surface area contributed by atoms with E-state index < -0.39 is 0 Å². The number of aromatic nitrogens is 1. The average molecular weight is 406 g/mol. The number of nitrogens with zero attached hydrogens (tertiary/aromatic N) is 1. The quantitative estimate of drug-likeness (QED) is 0.442. The molecule has 2 heterocycles. The molecular weight excluding hydrogens is 382 g/mol. The number of anilines is 1. The van der Waals surface area contributed by atoms with Gasteiger partial charge in [-0.25, -0.2) is 0 Å². The zero-order valence-corrected chi connectivity index (χ0v) is 16.7. The van der Waals surface area contributed by atoms with Crippen molar-refractivity contribution in [3.8, 4) is 0 Å². The van der Waals surface area contributed by atoms with E-state index in [0.29, 0.717) is 31.5 Å². The third-order valence-corrected chi connectivity index (χ3v) is 4.94. The monoisotopic (exact) mass is 405 g/mol. The molecule has 0 amide bonds. The average Bonchev–Trinajstić information content (AvgIpc) is 3.19. The summed E-state index contributed by atoms with van der Waals surface area (Å²) in [6, 6.07) is 9.81. The molecule has 0 aliphatic rings. The van der Waals surface area contributed by atoms with E-state index in [4.69, 9.17) is 21.1 Å². The molecule has 7 heteroatoms. The van der Waals surface area contributed by atoms with Crippen molar-refractivity contribution in [2.75, 3.05) is 44.8 Å². The van der Waals surface area contributed by atoms with Crippen molar-refractivity contribution < 1.29 is 9.47 Å². The van der Waals surface area contributed by atoms with Crippen molar-refractivity contribution in [3.63, 3.8) is 0 Å². The maximum Gasteiger partial charge on any atom is 0.0737 e. The molecule has 0 fully saturated rings. The van der Waals surface area contributed by atoms with Gasteiger partial charge in [0.05, 0.1) is 31.9 Å². The van der Waals surface area contributed by atoms with Gasteiger partial charge in [0.25, 0.3) is 0 Å². The minimum atomic E-state index is 0.596. The summed E-state index contributed by atoms with van der Waals surface area (Å²) in [5.41, 5.74) is 3.24. The van der Waals surface area contributed by atoms with Gasteiger partial charge < -0.3 is 20.1 Å². The summed E-state index contributed by atoms with van der Waals surface area (Å²) in [5, 5.41) is 12.7. The summed E-state index contributed by atoms with van der Waals surface area (Å²) in [4.78, 5) is 4.34. The van der Waals surface area contributed by atoms with Crippen LogP contribution in [0.3, 0.4) is 0 Å². The Morgan fingerprint density at radius 1 is 1.00 bits per heavy atom. The summed E-state index contributed by atoms with van der Waals surface area (Å²) in [5.74, 6) is 0. The fraction of sp³-hybridized carbons (Fsp3) is 0.350. The van der Waals surface area contributed by atoms with Crippen LogP contribution in [0.1, 0.15) is 5.56 Å². The van der Waals surface area contributed by atoms with Crippen molar-refractivity contribution in [2.45, 2.75) is 6.54 Å². The number of nitrogens with one attached hydrogen (secondary N) is 2. The van der Waals surface area contributed by atoms with Gasteiger partial charge in [0.2, 0.25) is 0 Å². The van der Waals surface area contributed by atoms with Gasteiger partial charge in [0, 0.05) is 41.9 Å². The molecule has 0 saturated carbocycles. The highest BCUT2D eigenvalue weighted by molar-refractivity contribution is 7.07. The van der Waals surface area contributed by atoms with Crippen LogP contribution in [-0.4, -0.2) is 44.5 Å². The number of pyridine rings is 1. The molecule has 5 nitrogen and oxygen atoms in total. The number of benzene rings is 1. The van der Waals surface area contributed by atoms with E-state index in [-0.39, 0.29) is 0 Å². The molecule has 2 N–H and O–H groups in total. The van der Waals surface area contributed by atoms with Crippen LogP contribution in [0.4, 0.5) is 5.69 Å². The van der Waals surface area contributed by atoms with Gasteiger partial charge in [-0.3, -0.25) is 4.98 Å². The summed E-state index contributed by atoms with van der Waals surface area (Å²) in [7, 11) is 0. The molecule has 0 aliphatic carbocycles. The molecule has 1 aromatic carbocycles. The van der Waals surface area contributed by atoms with Crippen LogP contribution in [0.25, 0.3) is 10.9 Å². The zero-order chi connectivity index (χ0) is 18.7. The Labute approximate surface area is 168 Å². The Morgan fingerprint density at radius 2 is 1.85 bits per heavy atom. The SMILES string of the molecule is Clc1ccc2c(NCCOCCOCCNCc3ccsc3)ccnc2c1. The molecule has 144 valence electrons. The van der Waals surface area contributed by atoms with E-state index >= 15 is 0 Å². The van der Waals surface area contributed by atoms with Gasteiger partial charge in [-0.15, -0.1) is 0 Å². The molecule has 0 spiro atoms. The number of halogens is 1. The second kappa shape index (κ2) is 11.2. The van der Waals surface area contributed by atoms with Crippen molar-refractivity contribution in [1.82, 2.24) is 10.3 Å². The first-order valence-electron chi connectivity index (χ1n) is 8.98. The van der Waals surface area contributed by atoms with Crippen molar-refractivity contribution >= 4 is 39.5 Å². The number of hydrogen-bond acceptors (Lipinski definition) is 6. The summed E-state index contributed by atoms with van der Waals surface area (Å²) >= 11 is 7.73. The lowest BCUT2D eigenvalue weighted by atomic mass is 10.2. The third-order valence-electron chi connectivity index (χ3n) is 3.97. The van der Waals surface area contributed by atoms with Gasteiger partial charge in [-0.05, 0) is 46.7 Å². The summed E-state index contributed by atoms with van der Waals surface area (Å²) in [6.07, 6.45) is 1.78. The molecule has 3 rings (SSSR count). The lowest BCUT2D eigenvalue weighted by molar-refractivity contribution is 0.0527. The molecule has 0 aliphatic heterocycles. The van der Waals surface area contributed by atoms with Gasteiger partial charge in [-0.1, -0.05) is 11.6 Å². The highest BCUT2D eigenvalue weighted by atomic mass is 35.5. The van der Waals surface area contributed by atoms with Crippen LogP contribution in [0.15, 0.2) is 47.3 Å². The number of hydrogen-bond donors (Lipinski definition) is 2. The molecule has 0 radical (unpaired) electrons. The number of ether oxygens (including phenoxy) is 2. The minimum absolute atomic E-state index is 0.596. The fourth-order valence-corrected chi connectivity index (χ4v) is 3.46. The van der Waals surface area contributed by atoms with E-state index in [1.165, 1.54) is 5.56 Å². The van der Waals surface area contributed by atoms with Crippen LogP contribution >= 0.6 is 22.9 Å². The highest BCUT2D eigenvalue weighted by Crippen LogP contribution is 2.24. The predicted octanol–water partition coefficient (Wildman–Crippen LogP) is 4.18. The lowest BCUT2D eigenvalue weighted by Crippen LogP contribution is -2.20. The Bertz CT molecular complexity index is 814. The van der Waals surface area contributed by atoms with E-state index in [1.807, 2.05) is 24.3 Å². The largest absolute Gasteiger partial charge is 0.382 e. The maximum absolute atomic E-state index is 6.01. The number of thiophene rings is 1. The second-order valence-electron chi connectivity index (χ2n) is 5.98. The number of rotatable bonds is 12. The van der Waals surface area contributed by atoms with Crippen LogP contribution in [0.5, 0.6) is 0 Å². The van der Waals surface area contributed by atoms with Gasteiger partial charge in [0.1, 0.15) is 0 Å². The van der Waals surface area contributed by atoms with Crippen LogP contribution in [0, 0.1) is 0 Å². The van der Waals surface area contributed by atoms with Gasteiger partial charge >= 0.3 is 0 Å². The second-order valence-corrected chi connectivity index (χ2v) is 7.20. The Kier molecular flexibility index (Phi) is 8.32. The smallest absolute Gasteiger partial charge is 0.0737 e. The normalized spacial score (nSPS) is 11.1. The molecule has 27 heavy (non-hydrogen) atoms. The van der Waals surface area contributed by atoms with Gasteiger partial charge in [-0.2, -0.15) is 11.3 Å². The van der Waals surface area contributed by atoms with Crippen LogP contribution < -0.4 is 10.6 Å². The first-order valence-corrected chi connectivity index (χ1v) is 10.3. The van der Waals surface area contributed by atoms with Crippen molar-refractivity contribution in [3.05, 3.63) is 57.9 Å². The molecule has 3 aromatic rings. The molecule has 0 bridgehead atoms. The van der Waals surface area contributed by atoms with Crippen LogP contribution in [0.2, 0.25) is 5.02 Å². The van der Waals surface area contributed by atoms with E-state index in [9.17, 15) is 0 Å². The predicted molar refractivity (Wildman–Crippen MR) is 113 cm³/mol. The minimum Gasteiger partial charge on any atom is -0.382 e. The topological polar surface area (TPSA) is 55.4 Å². The Hall–Kier alpha value is -1.70. The Balaban J connectivity index is 1.22. The van der Waals surface area contributed by atoms with Crippen molar-refractivity contribution in [1.29, 1.82) is 0 Å².